The SMILES string of the molecule is CNc1cc(-c2c(-c3ccc(F)cc3)nc3ccc(N4CCN(CCO)CC4)nn23)ccn1. The molecule has 0 atom stereocenters. The molecule has 1 aliphatic rings. The fraction of sp³-hybridized carbons (Fsp3) is 0.292. The first-order valence-corrected chi connectivity index (χ1v) is 11.0. The molecule has 0 aliphatic carbocycles. The van der Waals surface area contributed by atoms with Crippen molar-refractivity contribution in [2.45, 2.75) is 0 Å². The van der Waals surface area contributed by atoms with Crippen molar-refractivity contribution >= 4 is 17.3 Å². The quantitative estimate of drug-likeness (QED) is 0.470. The Balaban J connectivity index is 1.61. The molecule has 3 aromatic heterocycles. The highest BCUT2D eigenvalue weighted by Crippen LogP contribution is 2.33. The predicted octanol–water partition coefficient (Wildman–Crippen LogP) is 2.75. The lowest BCUT2D eigenvalue weighted by Gasteiger charge is -2.34. The first kappa shape index (κ1) is 21.3. The summed E-state index contributed by atoms with van der Waals surface area (Å²) in [6.07, 6.45) is 1.75. The molecule has 8 nitrogen and oxygen atoms in total. The standard InChI is InChI=1S/C24H26FN7O/c1-26-20-16-18(8-9-27-20)24-23(17-2-4-19(25)5-3-17)28-21-6-7-22(29-32(21)24)31-12-10-30(11-13-31)14-15-33/h2-9,16,33H,10-15H2,1H3,(H,26,27). The summed E-state index contributed by atoms with van der Waals surface area (Å²) in [7, 11) is 1.83. The van der Waals surface area contributed by atoms with Crippen molar-refractivity contribution in [3.63, 3.8) is 0 Å². The van der Waals surface area contributed by atoms with E-state index in [1.165, 1.54) is 12.1 Å². The number of hydrogen-bond donors (Lipinski definition) is 2. The monoisotopic (exact) mass is 447 g/mol. The summed E-state index contributed by atoms with van der Waals surface area (Å²) in [5, 5.41) is 17.2. The fourth-order valence-corrected chi connectivity index (χ4v) is 4.22. The zero-order valence-corrected chi connectivity index (χ0v) is 18.4. The number of pyridine rings is 1. The van der Waals surface area contributed by atoms with Crippen LogP contribution in [-0.4, -0.2) is 76.0 Å². The molecule has 1 saturated heterocycles. The van der Waals surface area contributed by atoms with Crippen molar-refractivity contribution in [2.24, 2.45) is 0 Å². The number of aliphatic hydroxyl groups excluding tert-OH is 1. The van der Waals surface area contributed by atoms with Crippen LogP contribution in [0.3, 0.4) is 0 Å². The van der Waals surface area contributed by atoms with Crippen LogP contribution >= 0.6 is 0 Å². The lowest BCUT2D eigenvalue weighted by molar-refractivity contribution is 0.188. The van der Waals surface area contributed by atoms with Gasteiger partial charge in [-0.2, -0.15) is 0 Å². The van der Waals surface area contributed by atoms with Gasteiger partial charge in [0, 0.05) is 57.1 Å². The van der Waals surface area contributed by atoms with E-state index in [1.807, 2.05) is 35.8 Å². The first-order chi connectivity index (χ1) is 16.2. The van der Waals surface area contributed by atoms with E-state index in [0.717, 1.165) is 66.0 Å². The zero-order valence-electron chi connectivity index (χ0n) is 18.4. The Morgan fingerprint density at radius 3 is 2.52 bits per heavy atom. The number of aliphatic hydroxyl groups is 1. The van der Waals surface area contributed by atoms with Crippen LogP contribution in [0.15, 0.2) is 54.7 Å². The maximum atomic E-state index is 13.6. The van der Waals surface area contributed by atoms with E-state index in [1.54, 1.807) is 18.3 Å². The minimum atomic E-state index is -0.286. The molecule has 1 aliphatic heterocycles. The zero-order chi connectivity index (χ0) is 22.8. The minimum absolute atomic E-state index is 0.176. The van der Waals surface area contributed by atoms with Crippen LogP contribution in [0, 0.1) is 5.82 Å². The van der Waals surface area contributed by atoms with Crippen LogP contribution in [-0.2, 0) is 0 Å². The highest BCUT2D eigenvalue weighted by atomic mass is 19.1. The molecule has 1 fully saturated rings. The number of rotatable bonds is 6. The first-order valence-electron chi connectivity index (χ1n) is 11.0. The van der Waals surface area contributed by atoms with Crippen LogP contribution in [0.25, 0.3) is 28.2 Å². The molecular weight excluding hydrogens is 421 g/mol. The normalized spacial score (nSPS) is 14.7. The van der Waals surface area contributed by atoms with Crippen LogP contribution < -0.4 is 10.2 Å². The van der Waals surface area contributed by atoms with E-state index in [4.69, 9.17) is 10.1 Å². The van der Waals surface area contributed by atoms with E-state index in [2.05, 4.69) is 20.1 Å². The van der Waals surface area contributed by atoms with Crippen LogP contribution in [0.4, 0.5) is 16.0 Å². The van der Waals surface area contributed by atoms with Crippen molar-refractivity contribution < 1.29 is 9.50 Å². The van der Waals surface area contributed by atoms with Gasteiger partial charge in [0.15, 0.2) is 5.65 Å². The van der Waals surface area contributed by atoms with Crippen molar-refractivity contribution in [1.82, 2.24) is 24.5 Å². The lowest BCUT2D eigenvalue weighted by atomic mass is 10.1. The van der Waals surface area contributed by atoms with Crippen molar-refractivity contribution in [1.29, 1.82) is 0 Å². The van der Waals surface area contributed by atoms with Gasteiger partial charge in [0.25, 0.3) is 0 Å². The molecule has 33 heavy (non-hydrogen) atoms. The highest BCUT2D eigenvalue weighted by molar-refractivity contribution is 5.82. The number of halogens is 1. The topological polar surface area (TPSA) is 81.8 Å². The van der Waals surface area contributed by atoms with Crippen molar-refractivity contribution in [3.05, 3.63) is 60.5 Å². The largest absolute Gasteiger partial charge is 0.395 e. The van der Waals surface area contributed by atoms with Crippen LogP contribution in [0.5, 0.6) is 0 Å². The van der Waals surface area contributed by atoms with Crippen LogP contribution in [0.2, 0.25) is 0 Å². The third-order valence-corrected chi connectivity index (χ3v) is 5.98. The molecule has 9 heteroatoms. The Morgan fingerprint density at radius 2 is 1.79 bits per heavy atom. The molecule has 0 spiro atoms. The average Bonchev–Trinajstić information content (AvgIpc) is 3.24. The van der Waals surface area contributed by atoms with Gasteiger partial charge in [-0.15, -0.1) is 5.10 Å². The molecule has 0 radical (unpaired) electrons. The second-order valence-corrected chi connectivity index (χ2v) is 8.01. The number of hydrogen-bond acceptors (Lipinski definition) is 7. The van der Waals surface area contributed by atoms with Gasteiger partial charge in [-0.25, -0.2) is 18.9 Å². The summed E-state index contributed by atoms with van der Waals surface area (Å²) in [6.45, 7) is 4.32. The Hall–Kier alpha value is -3.56. The molecule has 2 N–H and O–H groups in total. The molecule has 0 bridgehead atoms. The van der Waals surface area contributed by atoms with E-state index in [0.29, 0.717) is 6.54 Å². The second-order valence-electron chi connectivity index (χ2n) is 8.01. The van der Waals surface area contributed by atoms with E-state index in [9.17, 15) is 9.50 Å². The lowest BCUT2D eigenvalue weighted by Crippen LogP contribution is -2.47. The number of piperazine rings is 1. The molecular formula is C24H26FN7O. The van der Waals surface area contributed by atoms with Gasteiger partial charge in [0.2, 0.25) is 0 Å². The van der Waals surface area contributed by atoms with Gasteiger partial charge >= 0.3 is 0 Å². The maximum absolute atomic E-state index is 13.6. The van der Waals surface area contributed by atoms with Crippen molar-refractivity contribution in [2.75, 3.05) is 56.6 Å². The average molecular weight is 448 g/mol. The highest BCUT2D eigenvalue weighted by Gasteiger charge is 2.21. The third kappa shape index (κ3) is 4.24. The van der Waals surface area contributed by atoms with Gasteiger partial charge in [0.1, 0.15) is 23.1 Å². The molecule has 1 aromatic carbocycles. The number of benzene rings is 1. The molecule has 5 rings (SSSR count). The summed E-state index contributed by atoms with van der Waals surface area (Å²) in [4.78, 5) is 13.7. The second kappa shape index (κ2) is 9.13. The van der Waals surface area contributed by atoms with Crippen molar-refractivity contribution in [3.8, 4) is 22.5 Å². The molecule has 0 saturated carbocycles. The number of imidazole rings is 1. The third-order valence-electron chi connectivity index (χ3n) is 5.98. The molecule has 0 unspecified atom stereocenters. The smallest absolute Gasteiger partial charge is 0.155 e. The molecule has 0 amide bonds. The Bertz CT molecular complexity index is 1250. The summed E-state index contributed by atoms with van der Waals surface area (Å²) in [5.74, 6) is 1.33. The Kier molecular flexibility index (Phi) is 5.89. The van der Waals surface area contributed by atoms with Gasteiger partial charge in [-0.3, -0.25) is 4.90 Å². The molecule has 4 heterocycles. The number of β-amino-alcohol motifs (C(OH)–C–C–N with tert-alkyl or cyclic N) is 1. The minimum Gasteiger partial charge on any atom is -0.395 e. The van der Waals surface area contributed by atoms with Crippen LogP contribution in [0.1, 0.15) is 0 Å². The predicted molar refractivity (Wildman–Crippen MR) is 127 cm³/mol. The van der Waals surface area contributed by atoms with E-state index in [-0.39, 0.29) is 12.4 Å². The van der Waals surface area contributed by atoms with Gasteiger partial charge < -0.3 is 15.3 Å². The molecule has 4 aromatic rings. The van der Waals surface area contributed by atoms with Gasteiger partial charge in [-0.1, -0.05) is 0 Å². The number of nitrogens with zero attached hydrogens (tertiary/aromatic N) is 6. The Labute approximate surface area is 191 Å². The molecule has 170 valence electrons. The Morgan fingerprint density at radius 1 is 1.00 bits per heavy atom. The van der Waals surface area contributed by atoms with E-state index < -0.39 is 0 Å². The summed E-state index contributed by atoms with van der Waals surface area (Å²) in [5.41, 5.74) is 4.02. The number of anilines is 2. The summed E-state index contributed by atoms with van der Waals surface area (Å²) in [6, 6.07) is 14.2. The number of fused-ring (bicyclic) bond motifs is 1. The number of nitrogens with one attached hydrogen (secondary N) is 1. The summed E-state index contributed by atoms with van der Waals surface area (Å²) < 4.78 is 15.5. The van der Waals surface area contributed by atoms with Gasteiger partial charge in [-0.05, 0) is 48.5 Å². The number of aromatic nitrogens is 4. The fourth-order valence-electron chi connectivity index (χ4n) is 4.22. The summed E-state index contributed by atoms with van der Waals surface area (Å²) >= 11 is 0. The van der Waals surface area contributed by atoms with E-state index >= 15 is 0 Å². The maximum Gasteiger partial charge on any atom is 0.155 e. The van der Waals surface area contributed by atoms with Gasteiger partial charge in [0.05, 0.1) is 12.3 Å².